The highest BCUT2D eigenvalue weighted by Gasteiger charge is 2.18. The normalized spacial score (nSPS) is 20.6. The van der Waals surface area contributed by atoms with Gasteiger partial charge in [0.05, 0.1) is 0 Å². The maximum absolute atomic E-state index is 3.59. The molecule has 1 aliphatic rings. The quantitative estimate of drug-likeness (QED) is 0.920. The van der Waals surface area contributed by atoms with E-state index < -0.39 is 0 Å². The van der Waals surface area contributed by atoms with Crippen molar-refractivity contribution >= 4 is 21.6 Å². The second-order valence-corrected chi connectivity index (χ2v) is 5.67. The summed E-state index contributed by atoms with van der Waals surface area (Å²) in [7, 11) is 0. The van der Waals surface area contributed by atoms with Crippen LogP contribution in [-0.4, -0.2) is 25.7 Å². The molecule has 1 atom stereocenters. The summed E-state index contributed by atoms with van der Waals surface area (Å²) in [6.45, 7) is 7.75. The average Bonchev–Trinajstić information content (AvgIpc) is 2.33. The highest BCUT2D eigenvalue weighted by Crippen LogP contribution is 2.24. The Kier molecular flexibility index (Phi) is 4.46. The summed E-state index contributed by atoms with van der Waals surface area (Å²) >= 11 is 3.56. The summed E-state index contributed by atoms with van der Waals surface area (Å²) in [4.78, 5) is 2.50. The van der Waals surface area contributed by atoms with Crippen LogP contribution in [0.5, 0.6) is 0 Å². The van der Waals surface area contributed by atoms with Crippen LogP contribution in [0.2, 0.25) is 0 Å². The summed E-state index contributed by atoms with van der Waals surface area (Å²) in [6, 6.07) is 7.29. The molecule has 1 heterocycles. The van der Waals surface area contributed by atoms with Crippen molar-refractivity contribution in [2.75, 3.05) is 24.5 Å². The number of nitrogens with one attached hydrogen (secondary N) is 1. The Morgan fingerprint density at radius 3 is 3.00 bits per heavy atom. The van der Waals surface area contributed by atoms with Crippen molar-refractivity contribution in [2.45, 2.75) is 32.7 Å². The minimum absolute atomic E-state index is 0.651. The summed E-state index contributed by atoms with van der Waals surface area (Å²) in [6.07, 6.45) is 2.52. The standard InChI is InChI=1S/C14H21BrN2/c1-3-4-12-10-17(8-7-16-12)13-5-6-14(15)11(2)9-13/h5-6,9,12,16H,3-4,7-8,10H2,1-2H3. The Morgan fingerprint density at radius 2 is 2.29 bits per heavy atom. The van der Waals surface area contributed by atoms with Crippen molar-refractivity contribution in [1.82, 2.24) is 5.32 Å². The van der Waals surface area contributed by atoms with Crippen molar-refractivity contribution in [3.8, 4) is 0 Å². The van der Waals surface area contributed by atoms with Crippen LogP contribution in [0.4, 0.5) is 5.69 Å². The maximum Gasteiger partial charge on any atom is 0.0370 e. The maximum atomic E-state index is 3.59. The Hall–Kier alpha value is -0.540. The second-order valence-electron chi connectivity index (χ2n) is 4.82. The van der Waals surface area contributed by atoms with Crippen molar-refractivity contribution in [3.05, 3.63) is 28.2 Å². The number of piperazine rings is 1. The van der Waals surface area contributed by atoms with E-state index in [1.54, 1.807) is 0 Å². The first-order valence-electron chi connectivity index (χ1n) is 6.45. The third-order valence-corrected chi connectivity index (χ3v) is 4.29. The van der Waals surface area contributed by atoms with Crippen molar-refractivity contribution in [3.63, 3.8) is 0 Å². The first kappa shape index (κ1) is 12.9. The number of hydrogen-bond acceptors (Lipinski definition) is 2. The van der Waals surface area contributed by atoms with E-state index in [2.05, 4.69) is 58.2 Å². The molecule has 1 aromatic rings. The zero-order chi connectivity index (χ0) is 12.3. The zero-order valence-electron chi connectivity index (χ0n) is 10.7. The number of nitrogens with zero attached hydrogens (tertiary/aromatic N) is 1. The van der Waals surface area contributed by atoms with E-state index in [0.29, 0.717) is 6.04 Å². The Morgan fingerprint density at radius 1 is 1.47 bits per heavy atom. The minimum Gasteiger partial charge on any atom is -0.369 e. The van der Waals surface area contributed by atoms with Gasteiger partial charge in [-0.25, -0.2) is 0 Å². The molecule has 0 aliphatic carbocycles. The van der Waals surface area contributed by atoms with E-state index in [4.69, 9.17) is 0 Å². The van der Waals surface area contributed by atoms with Crippen LogP contribution in [0.15, 0.2) is 22.7 Å². The van der Waals surface area contributed by atoms with Crippen LogP contribution in [0, 0.1) is 6.92 Å². The molecular formula is C14H21BrN2. The lowest BCUT2D eigenvalue weighted by Crippen LogP contribution is -2.50. The van der Waals surface area contributed by atoms with Gasteiger partial charge in [-0.1, -0.05) is 29.3 Å². The van der Waals surface area contributed by atoms with Gasteiger partial charge < -0.3 is 10.2 Å². The molecule has 0 radical (unpaired) electrons. The van der Waals surface area contributed by atoms with E-state index >= 15 is 0 Å². The predicted octanol–water partition coefficient (Wildman–Crippen LogP) is 3.34. The Bertz CT molecular complexity index is 376. The van der Waals surface area contributed by atoms with Gasteiger partial charge in [-0.2, -0.15) is 0 Å². The largest absolute Gasteiger partial charge is 0.369 e. The topological polar surface area (TPSA) is 15.3 Å². The molecule has 1 unspecified atom stereocenters. The van der Waals surface area contributed by atoms with Crippen LogP contribution in [0.1, 0.15) is 25.3 Å². The molecule has 0 spiro atoms. The molecule has 2 rings (SSSR count). The first-order valence-corrected chi connectivity index (χ1v) is 7.24. The van der Waals surface area contributed by atoms with E-state index in [1.165, 1.54) is 28.6 Å². The number of anilines is 1. The molecule has 94 valence electrons. The first-order chi connectivity index (χ1) is 8.20. The Balaban J connectivity index is 2.08. The van der Waals surface area contributed by atoms with Crippen LogP contribution in [0.25, 0.3) is 0 Å². The van der Waals surface area contributed by atoms with Gasteiger partial charge in [-0.3, -0.25) is 0 Å². The molecule has 2 nitrogen and oxygen atoms in total. The van der Waals surface area contributed by atoms with Crippen molar-refractivity contribution in [1.29, 1.82) is 0 Å². The van der Waals surface area contributed by atoms with Gasteiger partial charge in [0.2, 0.25) is 0 Å². The summed E-state index contributed by atoms with van der Waals surface area (Å²) < 4.78 is 1.20. The van der Waals surface area contributed by atoms with E-state index in [-0.39, 0.29) is 0 Å². The lowest BCUT2D eigenvalue weighted by atomic mass is 10.1. The molecule has 1 saturated heterocycles. The number of halogens is 1. The van der Waals surface area contributed by atoms with Gasteiger partial charge >= 0.3 is 0 Å². The smallest absolute Gasteiger partial charge is 0.0370 e. The van der Waals surface area contributed by atoms with E-state index in [1.807, 2.05) is 0 Å². The molecule has 0 bridgehead atoms. The van der Waals surface area contributed by atoms with E-state index in [0.717, 1.165) is 19.6 Å². The monoisotopic (exact) mass is 296 g/mol. The fourth-order valence-electron chi connectivity index (χ4n) is 2.43. The van der Waals surface area contributed by atoms with Crippen LogP contribution < -0.4 is 10.2 Å². The van der Waals surface area contributed by atoms with Crippen LogP contribution in [-0.2, 0) is 0 Å². The fraction of sp³-hybridized carbons (Fsp3) is 0.571. The van der Waals surface area contributed by atoms with Crippen LogP contribution >= 0.6 is 15.9 Å². The molecule has 1 aliphatic heterocycles. The third kappa shape index (κ3) is 3.23. The molecule has 17 heavy (non-hydrogen) atoms. The van der Waals surface area contributed by atoms with Crippen LogP contribution in [0.3, 0.4) is 0 Å². The molecule has 0 amide bonds. The molecule has 3 heteroatoms. The molecule has 0 aromatic heterocycles. The van der Waals surface area contributed by atoms with Crippen molar-refractivity contribution < 1.29 is 0 Å². The third-order valence-electron chi connectivity index (χ3n) is 3.40. The Labute approximate surface area is 113 Å². The van der Waals surface area contributed by atoms with Gasteiger partial charge in [0, 0.05) is 35.8 Å². The van der Waals surface area contributed by atoms with Gasteiger partial charge in [0.1, 0.15) is 0 Å². The summed E-state index contributed by atoms with van der Waals surface area (Å²) in [5.41, 5.74) is 2.67. The highest BCUT2D eigenvalue weighted by atomic mass is 79.9. The van der Waals surface area contributed by atoms with Gasteiger partial charge in [0.25, 0.3) is 0 Å². The van der Waals surface area contributed by atoms with Crippen molar-refractivity contribution in [2.24, 2.45) is 0 Å². The highest BCUT2D eigenvalue weighted by molar-refractivity contribution is 9.10. The fourth-order valence-corrected chi connectivity index (χ4v) is 2.67. The molecule has 1 aromatic carbocycles. The molecule has 1 fully saturated rings. The SMILES string of the molecule is CCCC1CN(c2ccc(Br)c(C)c2)CCN1. The number of aryl methyl sites for hydroxylation is 1. The molecular weight excluding hydrogens is 276 g/mol. The minimum atomic E-state index is 0.651. The number of hydrogen-bond donors (Lipinski definition) is 1. The lowest BCUT2D eigenvalue weighted by Gasteiger charge is -2.35. The van der Waals surface area contributed by atoms with Gasteiger partial charge in [0.15, 0.2) is 0 Å². The summed E-state index contributed by atoms with van der Waals surface area (Å²) in [5.74, 6) is 0. The van der Waals surface area contributed by atoms with Gasteiger partial charge in [-0.15, -0.1) is 0 Å². The predicted molar refractivity (Wildman–Crippen MR) is 77.8 cm³/mol. The summed E-state index contributed by atoms with van der Waals surface area (Å²) in [5, 5.41) is 3.59. The second kappa shape index (κ2) is 5.87. The number of benzene rings is 1. The van der Waals surface area contributed by atoms with Gasteiger partial charge in [-0.05, 0) is 37.1 Å². The zero-order valence-corrected chi connectivity index (χ0v) is 12.3. The van der Waals surface area contributed by atoms with E-state index in [9.17, 15) is 0 Å². The number of rotatable bonds is 3. The molecule has 0 saturated carbocycles. The average molecular weight is 297 g/mol. The molecule has 1 N–H and O–H groups in total. The lowest BCUT2D eigenvalue weighted by molar-refractivity contribution is 0.431.